The second-order valence-electron chi connectivity index (χ2n) is 3.22. The van der Waals surface area contributed by atoms with Gasteiger partial charge in [0.15, 0.2) is 5.76 Å². The summed E-state index contributed by atoms with van der Waals surface area (Å²) in [5.41, 5.74) is 0. The van der Waals surface area contributed by atoms with E-state index in [9.17, 15) is 4.79 Å². The van der Waals surface area contributed by atoms with Crippen molar-refractivity contribution in [3.05, 3.63) is 24.2 Å². The van der Waals surface area contributed by atoms with Crippen molar-refractivity contribution in [3.8, 4) is 0 Å². The van der Waals surface area contributed by atoms with Gasteiger partial charge in [-0.3, -0.25) is 4.79 Å². The van der Waals surface area contributed by atoms with Crippen LogP contribution >= 0.6 is 11.6 Å². The zero-order valence-corrected chi connectivity index (χ0v) is 9.53. The van der Waals surface area contributed by atoms with E-state index in [0.29, 0.717) is 18.9 Å². The number of methoxy groups -OCH3 is 1. The molecule has 0 fully saturated rings. The molecular weight excluding hydrogens is 218 g/mol. The van der Waals surface area contributed by atoms with Crippen LogP contribution in [-0.4, -0.2) is 43.5 Å². The quantitative estimate of drug-likeness (QED) is 0.723. The molecule has 0 bridgehead atoms. The Balaban J connectivity index is 2.47. The lowest BCUT2D eigenvalue weighted by atomic mass is 10.3. The molecule has 0 spiro atoms. The fourth-order valence-electron chi connectivity index (χ4n) is 1.20. The number of hydrogen-bond donors (Lipinski definition) is 0. The van der Waals surface area contributed by atoms with Crippen LogP contribution in [0.5, 0.6) is 0 Å². The van der Waals surface area contributed by atoms with Crippen LogP contribution in [0.25, 0.3) is 0 Å². The highest BCUT2D eigenvalue weighted by Gasteiger charge is 2.17. The molecule has 0 radical (unpaired) electrons. The molecule has 0 aromatic carbocycles. The normalized spacial score (nSPS) is 12.5. The molecule has 0 saturated carbocycles. The first-order valence-corrected chi connectivity index (χ1v) is 5.00. The first-order chi connectivity index (χ1) is 7.15. The van der Waals surface area contributed by atoms with Crippen molar-refractivity contribution in [3.63, 3.8) is 0 Å². The van der Waals surface area contributed by atoms with Crippen LogP contribution in [0, 0.1) is 0 Å². The van der Waals surface area contributed by atoms with E-state index in [1.165, 1.54) is 11.2 Å². The number of carbonyl (C=O) groups is 1. The third-order valence-electron chi connectivity index (χ3n) is 1.90. The van der Waals surface area contributed by atoms with E-state index < -0.39 is 0 Å². The number of halogens is 1. The van der Waals surface area contributed by atoms with Crippen molar-refractivity contribution >= 4 is 17.5 Å². The predicted octanol–water partition coefficient (Wildman–Crippen LogP) is 1.61. The highest BCUT2D eigenvalue weighted by molar-refractivity contribution is 6.21. The Morgan fingerprint density at radius 3 is 3.00 bits per heavy atom. The average molecular weight is 232 g/mol. The molecule has 0 aliphatic carbocycles. The van der Waals surface area contributed by atoms with E-state index in [1.807, 2.05) is 0 Å². The maximum absolute atomic E-state index is 11.7. The van der Waals surface area contributed by atoms with Gasteiger partial charge in [0.2, 0.25) is 0 Å². The van der Waals surface area contributed by atoms with Gasteiger partial charge in [-0.1, -0.05) is 0 Å². The fraction of sp³-hybridized carbons (Fsp3) is 0.500. The van der Waals surface area contributed by atoms with Crippen molar-refractivity contribution in [2.24, 2.45) is 0 Å². The van der Waals surface area contributed by atoms with Crippen LogP contribution in [0.1, 0.15) is 10.6 Å². The second kappa shape index (κ2) is 5.78. The molecule has 84 valence electrons. The Morgan fingerprint density at radius 1 is 1.73 bits per heavy atom. The average Bonchev–Trinajstić information content (AvgIpc) is 2.69. The minimum absolute atomic E-state index is 0.179. The largest absolute Gasteiger partial charge is 0.459 e. The van der Waals surface area contributed by atoms with Crippen molar-refractivity contribution in [2.75, 3.05) is 27.3 Å². The number of ether oxygens (including phenoxy) is 1. The van der Waals surface area contributed by atoms with Crippen molar-refractivity contribution in [1.82, 2.24) is 4.90 Å². The van der Waals surface area contributed by atoms with Crippen LogP contribution in [0.3, 0.4) is 0 Å². The van der Waals surface area contributed by atoms with E-state index in [1.54, 1.807) is 26.3 Å². The Bertz CT molecular complexity index is 300. The predicted molar refractivity (Wildman–Crippen MR) is 57.2 cm³/mol. The molecule has 1 aromatic rings. The molecule has 0 saturated heterocycles. The SMILES string of the molecule is COCC(Cl)CN(C)C(=O)c1ccco1. The van der Waals surface area contributed by atoms with Gasteiger partial charge in [-0.2, -0.15) is 0 Å². The third-order valence-corrected chi connectivity index (χ3v) is 2.16. The van der Waals surface area contributed by atoms with Gasteiger partial charge < -0.3 is 14.1 Å². The minimum Gasteiger partial charge on any atom is -0.459 e. The number of carbonyl (C=O) groups excluding carboxylic acids is 1. The second-order valence-corrected chi connectivity index (χ2v) is 3.83. The van der Waals surface area contributed by atoms with Gasteiger partial charge in [0.05, 0.1) is 18.2 Å². The summed E-state index contributed by atoms with van der Waals surface area (Å²) in [6, 6.07) is 3.30. The molecular formula is C10H14ClNO3. The Hall–Kier alpha value is -1.00. The third kappa shape index (κ3) is 3.57. The maximum Gasteiger partial charge on any atom is 0.289 e. The van der Waals surface area contributed by atoms with E-state index in [0.717, 1.165) is 0 Å². The van der Waals surface area contributed by atoms with E-state index in [-0.39, 0.29) is 11.3 Å². The number of hydrogen-bond acceptors (Lipinski definition) is 3. The molecule has 1 unspecified atom stereocenters. The number of rotatable bonds is 5. The van der Waals surface area contributed by atoms with Crippen LogP contribution in [0.4, 0.5) is 0 Å². The van der Waals surface area contributed by atoms with E-state index in [4.69, 9.17) is 20.8 Å². The van der Waals surface area contributed by atoms with Crippen LogP contribution in [0.15, 0.2) is 22.8 Å². The molecule has 1 rings (SSSR count). The summed E-state index contributed by atoms with van der Waals surface area (Å²) < 4.78 is 9.87. The first-order valence-electron chi connectivity index (χ1n) is 4.57. The standard InChI is InChI=1S/C10H14ClNO3/c1-12(6-8(11)7-14-2)10(13)9-4-3-5-15-9/h3-5,8H,6-7H2,1-2H3. The highest BCUT2D eigenvalue weighted by Crippen LogP contribution is 2.06. The molecule has 4 nitrogen and oxygen atoms in total. The smallest absolute Gasteiger partial charge is 0.289 e. The molecule has 1 heterocycles. The maximum atomic E-state index is 11.7. The zero-order valence-electron chi connectivity index (χ0n) is 8.77. The summed E-state index contributed by atoms with van der Waals surface area (Å²) >= 11 is 5.93. The summed E-state index contributed by atoms with van der Waals surface area (Å²) in [6.45, 7) is 0.840. The van der Waals surface area contributed by atoms with Gasteiger partial charge >= 0.3 is 0 Å². The molecule has 0 aliphatic rings. The Kier molecular flexibility index (Phi) is 4.65. The summed E-state index contributed by atoms with van der Waals surface area (Å²) in [5, 5.41) is -0.209. The topological polar surface area (TPSA) is 42.7 Å². The van der Waals surface area contributed by atoms with Crippen molar-refractivity contribution in [2.45, 2.75) is 5.38 Å². The number of alkyl halides is 1. The molecule has 1 atom stereocenters. The summed E-state index contributed by atoms with van der Waals surface area (Å²) in [4.78, 5) is 13.2. The lowest BCUT2D eigenvalue weighted by molar-refractivity contribution is 0.0750. The Labute approximate surface area is 93.8 Å². The van der Waals surface area contributed by atoms with Gasteiger partial charge in [0.25, 0.3) is 5.91 Å². The summed E-state index contributed by atoms with van der Waals surface area (Å²) in [7, 11) is 3.25. The van der Waals surface area contributed by atoms with Crippen LogP contribution < -0.4 is 0 Å². The number of amides is 1. The van der Waals surface area contributed by atoms with Gasteiger partial charge in [-0.15, -0.1) is 11.6 Å². The summed E-state index contributed by atoms with van der Waals surface area (Å²) in [6.07, 6.45) is 1.47. The molecule has 1 aromatic heterocycles. The minimum atomic E-state index is -0.209. The molecule has 1 amide bonds. The van der Waals surface area contributed by atoms with Gasteiger partial charge in [-0.05, 0) is 12.1 Å². The zero-order chi connectivity index (χ0) is 11.3. The lowest BCUT2D eigenvalue weighted by Gasteiger charge is -2.18. The van der Waals surface area contributed by atoms with Crippen molar-refractivity contribution < 1.29 is 13.9 Å². The summed E-state index contributed by atoms with van der Waals surface area (Å²) in [5.74, 6) is 0.139. The Morgan fingerprint density at radius 2 is 2.47 bits per heavy atom. The van der Waals surface area contributed by atoms with Crippen molar-refractivity contribution in [1.29, 1.82) is 0 Å². The number of nitrogens with zero attached hydrogens (tertiary/aromatic N) is 1. The van der Waals surface area contributed by atoms with E-state index in [2.05, 4.69) is 0 Å². The first kappa shape index (κ1) is 12.1. The molecule has 5 heteroatoms. The van der Waals surface area contributed by atoms with Crippen LogP contribution in [0.2, 0.25) is 0 Å². The lowest BCUT2D eigenvalue weighted by Crippen LogP contribution is -2.33. The molecule has 0 aliphatic heterocycles. The fourth-order valence-corrected chi connectivity index (χ4v) is 1.53. The highest BCUT2D eigenvalue weighted by atomic mass is 35.5. The molecule has 15 heavy (non-hydrogen) atoms. The van der Waals surface area contributed by atoms with Gasteiger partial charge in [0, 0.05) is 20.7 Å². The monoisotopic (exact) mass is 231 g/mol. The van der Waals surface area contributed by atoms with Gasteiger partial charge in [-0.25, -0.2) is 0 Å². The number of furan rings is 1. The van der Waals surface area contributed by atoms with E-state index >= 15 is 0 Å². The van der Waals surface area contributed by atoms with Gasteiger partial charge in [0.1, 0.15) is 0 Å². The molecule has 0 N–H and O–H groups in total. The van der Waals surface area contributed by atoms with Crippen LogP contribution in [-0.2, 0) is 4.74 Å².